The van der Waals surface area contributed by atoms with Crippen molar-refractivity contribution in [1.82, 2.24) is 0 Å². The van der Waals surface area contributed by atoms with E-state index in [1.54, 1.807) is 0 Å². The molecule has 1 aromatic rings. The standard InChI is InChI=1S/C14H20ClNO2/c1-10-2-5-12(6-14(10)15)16-7-13(17)9-18-8-11-3-4-11/h2,5-6,11,13,16-17H,3-4,7-9H2,1H3. The number of rotatable bonds is 7. The minimum atomic E-state index is -0.483. The summed E-state index contributed by atoms with van der Waals surface area (Å²) >= 11 is 6.03. The number of aliphatic hydroxyl groups is 1. The highest BCUT2D eigenvalue weighted by Gasteiger charge is 2.21. The average molecular weight is 270 g/mol. The maximum absolute atomic E-state index is 9.75. The molecular formula is C14H20ClNO2. The molecule has 1 saturated carbocycles. The zero-order valence-electron chi connectivity index (χ0n) is 10.7. The normalized spacial score (nSPS) is 16.6. The third-order valence-electron chi connectivity index (χ3n) is 3.07. The van der Waals surface area contributed by atoms with Gasteiger partial charge >= 0.3 is 0 Å². The van der Waals surface area contributed by atoms with Gasteiger partial charge in [-0.1, -0.05) is 17.7 Å². The Balaban J connectivity index is 1.67. The van der Waals surface area contributed by atoms with Gasteiger partial charge in [-0.3, -0.25) is 0 Å². The quantitative estimate of drug-likeness (QED) is 0.800. The lowest BCUT2D eigenvalue weighted by Crippen LogP contribution is -2.25. The van der Waals surface area contributed by atoms with Crippen LogP contribution in [-0.4, -0.2) is 31.0 Å². The Morgan fingerprint density at radius 2 is 2.28 bits per heavy atom. The summed E-state index contributed by atoms with van der Waals surface area (Å²) in [5.41, 5.74) is 1.97. The second-order valence-electron chi connectivity index (χ2n) is 4.98. The first-order valence-electron chi connectivity index (χ1n) is 6.41. The predicted octanol–water partition coefficient (Wildman–Crippen LogP) is 2.85. The van der Waals surface area contributed by atoms with Gasteiger partial charge in [0.25, 0.3) is 0 Å². The Morgan fingerprint density at radius 1 is 1.50 bits per heavy atom. The van der Waals surface area contributed by atoms with Crippen molar-refractivity contribution < 1.29 is 9.84 Å². The second-order valence-corrected chi connectivity index (χ2v) is 5.39. The molecule has 0 spiro atoms. The van der Waals surface area contributed by atoms with Crippen LogP contribution in [0.1, 0.15) is 18.4 Å². The molecule has 3 nitrogen and oxygen atoms in total. The number of anilines is 1. The molecular weight excluding hydrogens is 250 g/mol. The third-order valence-corrected chi connectivity index (χ3v) is 3.48. The largest absolute Gasteiger partial charge is 0.389 e. The Bertz CT molecular complexity index is 393. The van der Waals surface area contributed by atoms with E-state index >= 15 is 0 Å². The predicted molar refractivity (Wildman–Crippen MR) is 74.2 cm³/mol. The van der Waals surface area contributed by atoms with Crippen molar-refractivity contribution in [3.8, 4) is 0 Å². The minimum Gasteiger partial charge on any atom is -0.389 e. The Hall–Kier alpha value is -0.770. The van der Waals surface area contributed by atoms with Gasteiger partial charge in [0.1, 0.15) is 0 Å². The van der Waals surface area contributed by atoms with E-state index in [2.05, 4.69) is 5.32 Å². The van der Waals surface area contributed by atoms with Crippen LogP contribution in [0.15, 0.2) is 18.2 Å². The summed E-state index contributed by atoms with van der Waals surface area (Å²) in [5, 5.41) is 13.6. The van der Waals surface area contributed by atoms with Crippen LogP contribution >= 0.6 is 11.6 Å². The van der Waals surface area contributed by atoms with Gasteiger partial charge < -0.3 is 15.2 Å². The number of hydrogen-bond acceptors (Lipinski definition) is 3. The zero-order chi connectivity index (χ0) is 13.0. The first-order valence-corrected chi connectivity index (χ1v) is 6.79. The smallest absolute Gasteiger partial charge is 0.0945 e. The van der Waals surface area contributed by atoms with Gasteiger partial charge in [0, 0.05) is 23.9 Å². The summed E-state index contributed by atoms with van der Waals surface area (Å²) < 4.78 is 5.43. The summed E-state index contributed by atoms with van der Waals surface area (Å²) in [6.45, 7) is 3.62. The molecule has 1 aliphatic carbocycles. The van der Waals surface area contributed by atoms with Crippen LogP contribution in [0.25, 0.3) is 0 Å². The van der Waals surface area contributed by atoms with Crippen LogP contribution in [0.2, 0.25) is 5.02 Å². The summed E-state index contributed by atoms with van der Waals surface area (Å²) in [4.78, 5) is 0. The number of hydrogen-bond donors (Lipinski definition) is 2. The maximum atomic E-state index is 9.75. The SMILES string of the molecule is Cc1ccc(NCC(O)COCC2CC2)cc1Cl. The van der Waals surface area contributed by atoms with Crippen molar-refractivity contribution in [3.05, 3.63) is 28.8 Å². The van der Waals surface area contributed by atoms with E-state index in [1.807, 2.05) is 25.1 Å². The first kappa shape index (κ1) is 13.7. The lowest BCUT2D eigenvalue weighted by Gasteiger charge is -2.13. The van der Waals surface area contributed by atoms with Crippen LogP contribution < -0.4 is 5.32 Å². The van der Waals surface area contributed by atoms with Crippen LogP contribution in [0.4, 0.5) is 5.69 Å². The molecule has 0 aromatic heterocycles. The van der Waals surface area contributed by atoms with Crippen LogP contribution in [0.5, 0.6) is 0 Å². The molecule has 2 N–H and O–H groups in total. The fourth-order valence-electron chi connectivity index (χ4n) is 1.65. The molecule has 0 radical (unpaired) electrons. The number of benzene rings is 1. The van der Waals surface area contributed by atoms with E-state index in [-0.39, 0.29) is 0 Å². The van der Waals surface area contributed by atoms with Gasteiger partial charge in [-0.2, -0.15) is 0 Å². The molecule has 18 heavy (non-hydrogen) atoms. The van der Waals surface area contributed by atoms with E-state index < -0.39 is 6.10 Å². The number of nitrogens with one attached hydrogen (secondary N) is 1. The molecule has 1 fully saturated rings. The average Bonchev–Trinajstić information content (AvgIpc) is 3.15. The fraction of sp³-hybridized carbons (Fsp3) is 0.571. The number of aryl methyl sites for hydroxylation is 1. The van der Waals surface area contributed by atoms with Gasteiger partial charge in [-0.15, -0.1) is 0 Å². The van der Waals surface area contributed by atoms with Crippen molar-refractivity contribution >= 4 is 17.3 Å². The lowest BCUT2D eigenvalue weighted by atomic mass is 10.2. The van der Waals surface area contributed by atoms with Crippen LogP contribution in [0, 0.1) is 12.8 Å². The highest BCUT2D eigenvalue weighted by Crippen LogP contribution is 2.28. The number of ether oxygens (including phenoxy) is 1. The van der Waals surface area contributed by atoms with Gasteiger partial charge in [-0.25, -0.2) is 0 Å². The maximum Gasteiger partial charge on any atom is 0.0945 e. The van der Waals surface area contributed by atoms with Gasteiger partial charge in [0.15, 0.2) is 0 Å². The minimum absolute atomic E-state index is 0.392. The molecule has 0 bridgehead atoms. The molecule has 100 valence electrons. The van der Waals surface area contributed by atoms with Crippen molar-refractivity contribution in [2.75, 3.05) is 25.1 Å². The molecule has 0 saturated heterocycles. The van der Waals surface area contributed by atoms with E-state index in [4.69, 9.17) is 16.3 Å². The zero-order valence-corrected chi connectivity index (χ0v) is 11.4. The van der Waals surface area contributed by atoms with Crippen molar-refractivity contribution in [3.63, 3.8) is 0 Å². The van der Waals surface area contributed by atoms with E-state index in [9.17, 15) is 5.11 Å². The Morgan fingerprint density at radius 3 is 2.94 bits per heavy atom. The third kappa shape index (κ3) is 4.48. The molecule has 1 aromatic carbocycles. The summed E-state index contributed by atoms with van der Waals surface area (Å²) in [7, 11) is 0. The summed E-state index contributed by atoms with van der Waals surface area (Å²) in [5.74, 6) is 0.737. The summed E-state index contributed by atoms with van der Waals surface area (Å²) in [6, 6.07) is 5.79. The molecule has 1 unspecified atom stereocenters. The molecule has 2 rings (SSSR count). The van der Waals surface area contributed by atoms with Gasteiger partial charge in [0.05, 0.1) is 12.7 Å². The highest BCUT2D eigenvalue weighted by atomic mass is 35.5. The monoisotopic (exact) mass is 269 g/mol. The Labute approximate surface area is 113 Å². The fourth-order valence-corrected chi connectivity index (χ4v) is 1.83. The van der Waals surface area contributed by atoms with Crippen LogP contribution in [-0.2, 0) is 4.74 Å². The van der Waals surface area contributed by atoms with E-state index in [0.29, 0.717) is 13.2 Å². The molecule has 1 aliphatic rings. The highest BCUT2D eigenvalue weighted by molar-refractivity contribution is 6.31. The van der Waals surface area contributed by atoms with E-state index in [1.165, 1.54) is 12.8 Å². The summed E-state index contributed by atoms with van der Waals surface area (Å²) in [6.07, 6.45) is 2.07. The molecule has 0 heterocycles. The number of aliphatic hydroxyl groups excluding tert-OH is 1. The van der Waals surface area contributed by atoms with E-state index in [0.717, 1.165) is 28.8 Å². The van der Waals surface area contributed by atoms with Crippen LogP contribution in [0.3, 0.4) is 0 Å². The van der Waals surface area contributed by atoms with Crippen molar-refractivity contribution in [1.29, 1.82) is 0 Å². The first-order chi connectivity index (χ1) is 8.65. The lowest BCUT2D eigenvalue weighted by molar-refractivity contribution is 0.0386. The second kappa shape index (κ2) is 6.41. The molecule has 4 heteroatoms. The molecule has 0 aliphatic heterocycles. The topological polar surface area (TPSA) is 41.5 Å². The van der Waals surface area contributed by atoms with Gasteiger partial charge in [0.2, 0.25) is 0 Å². The van der Waals surface area contributed by atoms with Gasteiger partial charge in [-0.05, 0) is 43.4 Å². The van der Waals surface area contributed by atoms with Crippen molar-refractivity contribution in [2.45, 2.75) is 25.9 Å². The Kier molecular flexibility index (Phi) is 4.87. The number of halogens is 1. The molecule has 0 amide bonds. The molecule has 1 atom stereocenters. The van der Waals surface area contributed by atoms with Crippen molar-refractivity contribution in [2.24, 2.45) is 5.92 Å².